The van der Waals surface area contributed by atoms with Crippen molar-refractivity contribution in [3.05, 3.63) is 17.5 Å². The summed E-state index contributed by atoms with van der Waals surface area (Å²) < 4.78 is 2.04. The van der Waals surface area contributed by atoms with Crippen LogP contribution in [0.2, 0.25) is 0 Å². The zero-order valence-corrected chi connectivity index (χ0v) is 9.25. The van der Waals surface area contributed by atoms with Crippen LogP contribution in [0.25, 0.3) is 0 Å². The Morgan fingerprint density at radius 3 is 2.93 bits per heavy atom. The van der Waals surface area contributed by atoms with Gasteiger partial charge in [-0.2, -0.15) is 5.10 Å². The van der Waals surface area contributed by atoms with Crippen molar-refractivity contribution in [2.75, 3.05) is 13.1 Å². The van der Waals surface area contributed by atoms with Gasteiger partial charge in [-0.05, 0) is 37.9 Å². The lowest BCUT2D eigenvalue weighted by Gasteiger charge is -2.30. The molecule has 1 aliphatic rings. The van der Waals surface area contributed by atoms with E-state index in [2.05, 4.69) is 31.3 Å². The van der Waals surface area contributed by atoms with Crippen LogP contribution < -0.4 is 5.32 Å². The van der Waals surface area contributed by atoms with Crippen molar-refractivity contribution in [2.24, 2.45) is 13.0 Å². The molecule has 0 radical (unpaired) electrons. The fourth-order valence-electron chi connectivity index (χ4n) is 2.51. The van der Waals surface area contributed by atoms with Gasteiger partial charge in [0, 0.05) is 18.7 Å². The maximum Gasteiger partial charge on any atom is 0.0521 e. The van der Waals surface area contributed by atoms with Crippen molar-refractivity contribution >= 4 is 0 Å². The standard InChI is InChI=1S/C11H19N3/c1-8-6-12-5-4-10(8)11-9(2)7-13-14(11)3/h7-8,10,12H,4-6H2,1-3H3/t8-,10-/m0/s1. The Labute approximate surface area is 85.5 Å². The first-order valence-corrected chi connectivity index (χ1v) is 5.39. The van der Waals surface area contributed by atoms with E-state index in [1.165, 1.54) is 17.7 Å². The van der Waals surface area contributed by atoms with Gasteiger partial charge in [-0.1, -0.05) is 6.92 Å². The van der Waals surface area contributed by atoms with Crippen molar-refractivity contribution in [1.82, 2.24) is 15.1 Å². The third kappa shape index (κ3) is 1.57. The molecule has 3 heteroatoms. The number of rotatable bonds is 1. The van der Waals surface area contributed by atoms with Crippen LogP contribution >= 0.6 is 0 Å². The molecule has 14 heavy (non-hydrogen) atoms. The van der Waals surface area contributed by atoms with Gasteiger partial charge in [-0.15, -0.1) is 0 Å². The zero-order valence-electron chi connectivity index (χ0n) is 9.25. The van der Waals surface area contributed by atoms with Gasteiger partial charge in [0.05, 0.1) is 6.20 Å². The van der Waals surface area contributed by atoms with E-state index in [-0.39, 0.29) is 0 Å². The molecule has 1 aromatic heterocycles. The fourth-order valence-corrected chi connectivity index (χ4v) is 2.51. The minimum absolute atomic E-state index is 0.684. The maximum absolute atomic E-state index is 4.32. The highest BCUT2D eigenvalue weighted by Gasteiger charge is 2.26. The zero-order chi connectivity index (χ0) is 10.1. The molecule has 0 spiro atoms. The molecule has 1 aromatic rings. The van der Waals surface area contributed by atoms with Crippen molar-refractivity contribution in [2.45, 2.75) is 26.2 Å². The molecule has 78 valence electrons. The average molecular weight is 193 g/mol. The highest BCUT2D eigenvalue weighted by atomic mass is 15.3. The van der Waals surface area contributed by atoms with Crippen LogP contribution in [-0.4, -0.2) is 22.9 Å². The third-order valence-corrected chi connectivity index (χ3v) is 3.31. The number of aromatic nitrogens is 2. The maximum atomic E-state index is 4.32. The van der Waals surface area contributed by atoms with Crippen molar-refractivity contribution in [3.63, 3.8) is 0 Å². The highest BCUT2D eigenvalue weighted by molar-refractivity contribution is 5.21. The van der Waals surface area contributed by atoms with Gasteiger partial charge in [0.2, 0.25) is 0 Å². The van der Waals surface area contributed by atoms with Gasteiger partial charge >= 0.3 is 0 Å². The van der Waals surface area contributed by atoms with Gasteiger partial charge in [0.1, 0.15) is 0 Å². The summed E-state index contributed by atoms with van der Waals surface area (Å²) in [5, 5.41) is 7.76. The molecule has 0 aromatic carbocycles. The number of piperidine rings is 1. The monoisotopic (exact) mass is 193 g/mol. The Kier molecular flexibility index (Phi) is 2.59. The van der Waals surface area contributed by atoms with Crippen molar-refractivity contribution in [1.29, 1.82) is 0 Å². The highest BCUT2D eigenvalue weighted by Crippen LogP contribution is 2.31. The number of aryl methyl sites for hydroxylation is 2. The summed E-state index contributed by atoms with van der Waals surface area (Å²) in [6, 6.07) is 0. The second-order valence-electron chi connectivity index (χ2n) is 4.41. The second-order valence-corrected chi connectivity index (χ2v) is 4.41. The smallest absolute Gasteiger partial charge is 0.0521 e. The Balaban J connectivity index is 2.28. The average Bonchev–Trinajstić information content (AvgIpc) is 2.48. The van der Waals surface area contributed by atoms with Crippen LogP contribution in [0, 0.1) is 12.8 Å². The molecule has 0 saturated carbocycles. The Morgan fingerprint density at radius 1 is 1.57 bits per heavy atom. The van der Waals surface area contributed by atoms with E-state index in [0.29, 0.717) is 5.92 Å². The van der Waals surface area contributed by atoms with E-state index in [1.807, 2.05) is 10.9 Å². The number of hydrogen-bond acceptors (Lipinski definition) is 2. The van der Waals surface area contributed by atoms with Gasteiger partial charge in [-0.3, -0.25) is 4.68 Å². The van der Waals surface area contributed by atoms with E-state index in [1.54, 1.807) is 0 Å². The van der Waals surface area contributed by atoms with Crippen LogP contribution in [0.1, 0.15) is 30.5 Å². The molecule has 2 rings (SSSR count). The fraction of sp³-hybridized carbons (Fsp3) is 0.727. The molecule has 0 aliphatic carbocycles. The lowest BCUT2D eigenvalue weighted by Crippen LogP contribution is -2.34. The van der Waals surface area contributed by atoms with Crippen molar-refractivity contribution in [3.8, 4) is 0 Å². The Morgan fingerprint density at radius 2 is 2.36 bits per heavy atom. The Hall–Kier alpha value is -0.830. The molecule has 2 atom stereocenters. The quantitative estimate of drug-likeness (QED) is 0.731. The summed E-state index contributed by atoms with van der Waals surface area (Å²) in [6.45, 7) is 6.76. The summed E-state index contributed by atoms with van der Waals surface area (Å²) in [5.74, 6) is 1.40. The summed E-state index contributed by atoms with van der Waals surface area (Å²) >= 11 is 0. The topological polar surface area (TPSA) is 29.9 Å². The molecule has 1 saturated heterocycles. The lowest BCUT2D eigenvalue weighted by molar-refractivity contribution is 0.335. The molecule has 1 aliphatic heterocycles. The first-order chi connectivity index (χ1) is 6.70. The summed E-state index contributed by atoms with van der Waals surface area (Å²) in [4.78, 5) is 0. The first-order valence-electron chi connectivity index (χ1n) is 5.39. The van der Waals surface area contributed by atoms with Crippen LogP contribution in [0.15, 0.2) is 6.20 Å². The summed E-state index contributed by atoms with van der Waals surface area (Å²) in [7, 11) is 2.05. The molecule has 0 bridgehead atoms. The normalized spacial score (nSPS) is 27.9. The number of hydrogen-bond donors (Lipinski definition) is 1. The van der Waals surface area contributed by atoms with Gasteiger partial charge in [-0.25, -0.2) is 0 Å². The number of nitrogens with zero attached hydrogens (tertiary/aromatic N) is 2. The van der Waals surface area contributed by atoms with E-state index in [0.717, 1.165) is 19.0 Å². The first kappa shape index (κ1) is 9.71. The second kappa shape index (κ2) is 3.73. The molecular weight excluding hydrogens is 174 g/mol. The molecule has 1 fully saturated rings. The molecule has 0 amide bonds. The molecule has 3 nitrogen and oxygen atoms in total. The summed E-state index contributed by atoms with van der Waals surface area (Å²) in [6.07, 6.45) is 3.21. The molecule has 0 unspecified atom stereocenters. The summed E-state index contributed by atoms with van der Waals surface area (Å²) in [5.41, 5.74) is 2.77. The van der Waals surface area contributed by atoms with Crippen LogP contribution in [0.3, 0.4) is 0 Å². The molecule has 2 heterocycles. The van der Waals surface area contributed by atoms with E-state index >= 15 is 0 Å². The van der Waals surface area contributed by atoms with Crippen molar-refractivity contribution < 1.29 is 0 Å². The van der Waals surface area contributed by atoms with Gasteiger partial charge in [0.15, 0.2) is 0 Å². The molecule has 1 N–H and O–H groups in total. The SMILES string of the molecule is Cc1cnn(C)c1[C@H]1CCNC[C@@H]1C. The van der Waals surface area contributed by atoms with Gasteiger partial charge < -0.3 is 5.32 Å². The minimum Gasteiger partial charge on any atom is -0.316 e. The van der Waals surface area contributed by atoms with Crippen LogP contribution in [-0.2, 0) is 7.05 Å². The van der Waals surface area contributed by atoms with E-state index in [9.17, 15) is 0 Å². The third-order valence-electron chi connectivity index (χ3n) is 3.31. The largest absolute Gasteiger partial charge is 0.316 e. The predicted molar refractivity (Wildman–Crippen MR) is 57.3 cm³/mol. The van der Waals surface area contributed by atoms with E-state index < -0.39 is 0 Å². The molecular formula is C11H19N3. The van der Waals surface area contributed by atoms with Crippen LogP contribution in [0.5, 0.6) is 0 Å². The van der Waals surface area contributed by atoms with E-state index in [4.69, 9.17) is 0 Å². The number of nitrogens with one attached hydrogen (secondary N) is 1. The lowest BCUT2D eigenvalue weighted by atomic mass is 9.84. The minimum atomic E-state index is 0.684. The predicted octanol–water partition coefficient (Wildman–Crippen LogP) is 1.44. The Bertz CT molecular complexity index is 297. The van der Waals surface area contributed by atoms with Gasteiger partial charge in [0.25, 0.3) is 0 Å². The van der Waals surface area contributed by atoms with Crippen LogP contribution in [0.4, 0.5) is 0 Å².